The highest BCUT2D eigenvalue weighted by Crippen LogP contribution is 2.23. The molecule has 4 heteroatoms. The summed E-state index contributed by atoms with van der Waals surface area (Å²) in [7, 11) is 3.71. The summed E-state index contributed by atoms with van der Waals surface area (Å²) in [4.78, 5) is 0. The molecule has 1 aromatic carbocycles. The molecule has 1 heterocycles. The normalized spacial score (nSPS) is 12.3. The van der Waals surface area contributed by atoms with Gasteiger partial charge in [-0.05, 0) is 49.6 Å². The maximum Gasteiger partial charge on any atom is 0.119 e. The van der Waals surface area contributed by atoms with Crippen LogP contribution in [0.15, 0.2) is 36.5 Å². The van der Waals surface area contributed by atoms with Crippen LogP contribution in [0.1, 0.15) is 37.1 Å². The van der Waals surface area contributed by atoms with E-state index in [2.05, 4.69) is 41.6 Å². The van der Waals surface area contributed by atoms with Crippen LogP contribution < -0.4 is 10.1 Å². The first-order valence-electron chi connectivity index (χ1n) is 7.58. The number of hydrogen-bond acceptors (Lipinski definition) is 3. The third kappa shape index (κ3) is 4.33. The summed E-state index contributed by atoms with van der Waals surface area (Å²) in [5.74, 6) is 0.913. The Kier molecular flexibility index (Phi) is 5.81. The highest BCUT2D eigenvalue weighted by molar-refractivity contribution is 5.30. The lowest BCUT2D eigenvalue weighted by Gasteiger charge is -2.19. The van der Waals surface area contributed by atoms with Crippen LogP contribution in [0.25, 0.3) is 0 Å². The molecule has 0 spiro atoms. The maximum atomic E-state index is 5.34. The van der Waals surface area contributed by atoms with Gasteiger partial charge in [-0.15, -0.1) is 0 Å². The van der Waals surface area contributed by atoms with Gasteiger partial charge in [0, 0.05) is 25.0 Å². The average Bonchev–Trinajstić information content (AvgIpc) is 2.93. The Balaban J connectivity index is 2.07. The van der Waals surface area contributed by atoms with Gasteiger partial charge in [0.25, 0.3) is 0 Å². The van der Waals surface area contributed by atoms with E-state index < -0.39 is 0 Å². The number of hydrogen-bond donors (Lipinski definition) is 1. The van der Waals surface area contributed by atoms with Crippen LogP contribution in [-0.2, 0) is 13.5 Å². The van der Waals surface area contributed by atoms with Gasteiger partial charge in [0.2, 0.25) is 0 Å². The zero-order chi connectivity index (χ0) is 15.1. The van der Waals surface area contributed by atoms with Gasteiger partial charge in [-0.1, -0.05) is 19.1 Å². The fourth-order valence-electron chi connectivity index (χ4n) is 2.50. The van der Waals surface area contributed by atoms with Crippen molar-refractivity contribution < 1.29 is 4.74 Å². The van der Waals surface area contributed by atoms with E-state index in [1.165, 1.54) is 11.3 Å². The zero-order valence-corrected chi connectivity index (χ0v) is 13.2. The molecule has 1 aromatic heterocycles. The minimum Gasteiger partial charge on any atom is -0.497 e. The van der Waals surface area contributed by atoms with Gasteiger partial charge in [-0.2, -0.15) is 5.10 Å². The molecule has 114 valence electrons. The predicted octanol–water partition coefficient (Wildman–Crippen LogP) is 3.10. The van der Waals surface area contributed by atoms with Crippen LogP contribution >= 0.6 is 0 Å². The number of methoxy groups -OCH3 is 1. The smallest absolute Gasteiger partial charge is 0.119 e. The van der Waals surface area contributed by atoms with Gasteiger partial charge in [0.15, 0.2) is 0 Å². The van der Waals surface area contributed by atoms with Crippen LogP contribution in [0.4, 0.5) is 0 Å². The number of ether oxygens (including phenoxy) is 1. The summed E-state index contributed by atoms with van der Waals surface area (Å²) >= 11 is 0. The quantitative estimate of drug-likeness (QED) is 0.811. The topological polar surface area (TPSA) is 39.1 Å². The zero-order valence-electron chi connectivity index (χ0n) is 13.2. The fourth-order valence-corrected chi connectivity index (χ4v) is 2.50. The van der Waals surface area contributed by atoms with Gasteiger partial charge >= 0.3 is 0 Å². The first kappa shape index (κ1) is 15.6. The second kappa shape index (κ2) is 7.84. The van der Waals surface area contributed by atoms with Gasteiger partial charge in [-0.25, -0.2) is 0 Å². The van der Waals surface area contributed by atoms with E-state index in [1.807, 2.05) is 24.0 Å². The van der Waals surface area contributed by atoms with Gasteiger partial charge in [0.05, 0.1) is 7.11 Å². The third-order valence-electron chi connectivity index (χ3n) is 3.75. The lowest BCUT2D eigenvalue weighted by Crippen LogP contribution is -2.23. The number of rotatable bonds is 8. The van der Waals surface area contributed by atoms with Crippen molar-refractivity contribution in [3.8, 4) is 5.75 Å². The SMILES string of the molecule is CCCNC(CCc1ccnn1C)c1cccc(OC)c1. The van der Waals surface area contributed by atoms with Crippen molar-refractivity contribution in [2.75, 3.05) is 13.7 Å². The summed E-state index contributed by atoms with van der Waals surface area (Å²) in [6.45, 7) is 3.21. The first-order chi connectivity index (χ1) is 10.2. The summed E-state index contributed by atoms with van der Waals surface area (Å²) in [5.41, 5.74) is 2.55. The molecule has 1 N–H and O–H groups in total. The molecule has 1 unspecified atom stereocenters. The van der Waals surface area contributed by atoms with E-state index >= 15 is 0 Å². The second-order valence-corrected chi connectivity index (χ2v) is 5.27. The Labute approximate surface area is 127 Å². The maximum absolute atomic E-state index is 5.34. The molecule has 0 saturated heterocycles. The molecule has 0 fully saturated rings. The van der Waals surface area contributed by atoms with Crippen molar-refractivity contribution in [1.82, 2.24) is 15.1 Å². The highest BCUT2D eigenvalue weighted by Gasteiger charge is 2.12. The van der Waals surface area contributed by atoms with Crippen LogP contribution in [0.3, 0.4) is 0 Å². The molecule has 0 saturated carbocycles. The van der Waals surface area contributed by atoms with Crippen molar-refractivity contribution in [2.24, 2.45) is 7.05 Å². The molecule has 0 aliphatic carbocycles. The summed E-state index contributed by atoms with van der Waals surface area (Å²) in [6, 6.07) is 10.8. The largest absolute Gasteiger partial charge is 0.497 e. The van der Waals surface area contributed by atoms with Gasteiger partial charge < -0.3 is 10.1 Å². The van der Waals surface area contributed by atoms with Crippen molar-refractivity contribution in [1.29, 1.82) is 0 Å². The molecule has 0 bridgehead atoms. The lowest BCUT2D eigenvalue weighted by atomic mass is 10.0. The Morgan fingerprint density at radius 1 is 1.33 bits per heavy atom. The van der Waals surface area contributed by atoms with Crippen molar-refractivity contribution in [2.45, 2.75) is 32.2 Å². The van der Waals surface area contributed by atoms with E-state index in [-0.39, 0.29) is 0 Å². The predicted molar refractivity (Wildman–Crippen MR) is 85.6 cm³/mol. The number of aromatic nitrogens is 2. The van der Waals surface area contributed by atoms with Gasteiger partial charge in [-0.3, -0.25) is 4.68 Å². The lowest BCUT2D eigenvalue weighted by molar-refractivity contribution is 0.412. The monoisotopic (exact) mass is 287 g/mol. The Bertz CT molecular complexity index is 550. The highest BCUT2D eigenvalue weighted by atomic mass is 16.5. The fraction of sp³-hybridized carbons (Fsp3) is 0.471. The first-order valence-corrected chi connectivity index (χ1v) is 7.58. The molecule has 4 nitrogen and oxygen atoms in total. The van der Waals surface area contributed by atoms with E-state index in [4.69, 9.17) is 4.74 Å². The summed E-state index contributed by atoms with van der Waals surface area (Å²) < 4.78 is 7.28. The Morgan fingerprint density at radius 3 is 2.86 bits per heavy atom. The van der Waals surface area contributed by atoms with E-state index in [9.17, 15) is 0 Å². The van der Waals surface area contributed by atoms with Crippen molar-refractivity contribution in [3.05, 3.63) is 47.8 Å². The van der Waals surface area contributed by atoms with E-state index in [0.29, 0.717) is 6.04 Å². The summed E-state index contributed by atoms with van der Waals surface area (Å²) in [6.07, 6.45) is 5.04. The van der Waals surface area contributed by atoms with Crippen LogP contribution in [0.2, 0.25) is 0 Å². The molecule has 0 amide bonds. The molecular formula is C17H25N3O. The Morgan fingerprint density at radius 2 is 2.19 bits per heavy atom. The molecule has 0 aliphatic rings. The number of nitrogens with one attached hydrogen (secondary N) is 1. The average molecular weight is 287 g/mol. The number of benzene rings is 1. The standard InChI is InChI=1S/C17H25N3O/c1-4-11-18-17(9-8-15-10-12-19-20(15)2)14-6-5-7-16(13-14)21-3/h5-7,10,12-13,17-18H,4,8-9,11H2,1-3H3. The molecular weight excluding hydrogens is 262 g/mol. The van der Waals surface area contributed by atoms with Crippen LogP contribution in [0, 0.1) is 0 Å². The van der Waals surface area contributed by atoms with Gasteiger partial charge in [0.1, 0.15) is 5.75 Å². The number of aryl methyl sites for hydroxylation is 2. The molecule has 21 heavy (non-hydrogen) atoms. The van der Waals surface area contributed by atoms with E-state index in [0.717, 1.165) is 31.6 Å². The molecule has 2 rings (SSSR count). The van der Waals surface area contributed by atoms with Crippen molar-refractivity contribution in [3.63, 3.8) is 0 Å². The molecule has 0 aliphatic heterocycles. The Hall–Kier alpha value is -1.81. The third-order valence-corrected chi connectivity index (χ3v) is 3.75. The van der Waals surface area contributed by atoms with Crippen LogP contribution in [-0.4, -0.2) is 23.4 Å². The number of nitrogens with zero attached hydrogens (tertiary/aromatic N) is 2. The second-order valence-electron chi connectivity index (χ2n) is 5.27. The molecule has 2 aromatic rings. The van der Waals surface area contributed by atoms with Crippen molar-refractivity contribution >= 4 is 0 Å². The molecule has 0 radical (unpaired) electrons. The minimum atomic E-state index is 0.343. The van der Waals surface area contributed by atoms with Crippen LogP contribution in [0.5, 0.6) is 5.75 Å². The minimum absolute atomic E-state index is 0.343. The molecule has 1 atom stereocenters. The van der Waals surface area contributed by atoms with E-state index in [1.54, 1.807) is 7.11 Å². The summed E-state index contributed by atoms with van der Waals surface area (Å²) in [5, 5.41) is 7.87.